The molecule has 2 N–H and O–H groups in total. The number of nitrogens with one attached hydrogen (secondary N) is 2. The van der Waals surface area contributed by atoms with Gasteiger partial charge in [0.15, 0.2) is 0 Å². The summed E-state index contributed by atoms with van der Waals surface area (Å²) in [5, 5.41) is 4.96. The van der Waals surface area contributed by atoms with E-state index < -0.39 is 29.0 Å². The molecule has 5 nitrogen and oxygen atoms in total. The number of methoxy groups -OCH3 is 1. The van der Waals surface area contributed by atoms with Crippen LogP contribution in [0.4, 0.5) is 18.9 Å². The first-order valence-electron chi connectivity index (χ1n) is 8.66. The minimum atomic E-state index is -4.60. The highest BCUT2D eigenvalue weighted by Gasteiger charge is 2.56. The first-order valence-corrected chi connectivity index (χ1v) is 8.66. The summed E-state index contributed by atoms with van der Waals surface area (Å²) in [7, 11) is 1.51. The summed E-state index contributed by atoms with van der Waals surface area (Å²) in [6.07, 6.45) is -4.04. The Bertz CT molecular complexity index is 892. The third kappa shape index (κ3) is 3.95. The molecule has 0 unspecified atom stereocenters. The minimum absolute atomic E-state index is 0.150. The fourth-order valence-electron chi connectivity index (χ4n) is 2.96. The molecule has 1 fully saturated rings. The fourth-order valence-corrected chi connectivity index (χ4v) is 2.96. The first-order chi connectivity index (χ1) is 13.3. The molecule has 0 atom stereocenters. The zero-order valence-electron chi connectivity index (χ0n) is 15.1. The van der Waals surface area contributed by atoms with Crippen LogP contribution in [0.15, 0.2) is 48.5 Å². The van der Waals surface area contributed by atoms with Crippen LogP contribution in [-0.2, 0) is 22.3 Å². The highest BCUT2D eigenvalue weighted by Crippen LogP contribution is 2.47. The van der Waals surface area contributed by atoms with E-state index in [-0.39, 0.29) is 25.1 Å². The van der Waals surface area contributed by atoms with Crippen LogP contribution >= 0.6 is 0 Å². The number of anilines is 1. The third-order valence-corrected chi connectivity index (χ3v) is 4.73. The quantitative estimate of drug-likeness (QED) is 0.736. The normalized spacial score (nSPS) is 14.9. The molecule has 148 valence electrons. The first kappa shape index (κ1) is 19.7. The summed E-state index contributed by atoms with van der Waals surface area (Å²) in [5.41, 5.74) is -1.92. The molecule has 2 amide bonds. The lowest BCUT2D eigenvalue weighted by atomic mass is 10.0. The molecule has 0 radical (unpaired) electrons. The molecular formula is C20H19F3N2O3. The number of alkyl halides is 3. The zero-order chi connectivity index (χ0) is 20.4. The largest absolute Gasteiger partial charge is 0.496 e. The van der Waals surface area contributed by atoms with Crippen molar-refractivity contribution in [1.29, 1.82) is 0 Å². The van der Waals surface area contributed by atoms with Gasteiger partial charge in [0.1, 0.15) is 11.2 Å². The number of rotatable bonds is 6. The molecule has 0 saturated heterocycles. The summed E-state index contributed by atoms with van der Waals surface area (Å²) in [4.78, 5) is 25.2. The van der Waals surface area contributed by atoms with Gasteiger partial charge >= 0.3 is 6.18 Å². The van der Waals surface area contributed by atoms with Gasteiger partial charge in [-0.3, -0.25) is 9.59 Å². The number of hydrogen-bond donors (Lipinski definition) is 2. The van der Waals surface area contributed by atoms with E-state index in [2.05, 4.69) is 10.6 Å². The molecule has 2 aromatic carbocycles. The number of amides is 2. The van der Waals surface area contributed by atoms with Gasteiger partial charge in [0.05, 0.1) is 18.4 Å². The zero-order valence-corrected chi connectivity index (χ0v) is 15.1. The van der Waals surface area contributed by atoms with Crippen molar-refractivity contribution in [3.05, 3.63) is 59.7 Å². The lowest BCUT2D eigenvalue weighted by Gasteiger charge is -2.18. The third-order valence-electron chi connectivity index (χ3n) is 4.73. The van der Waals surface area contributed by atoms with E-state index in [4.69, 9.17) is 4.74 Å². The smallest absolute Gasteiger partial charge is 0.418 e. The van der Waals surface area contributed by atoms with Gasteiger partial charge in [-0.05, 0) is 31.0 Å². The van der Waals surface area contributed by atoms with E-state index in [1.54, 1.807) is 24.3 Å². The molecule has 0 aliphatic heterocycles. The van der Waals surface area contributed by atoms with Crippen LogP contribution in [-0.4, -0.2) is 18.9 Å². The Morgan fingerprint density at radius 3 is 2.32 bits per heavy atom. The number of para-hydroxylation sites is 2. The van der Waals surface area contributed by atoms with Crippen LogP contribution in [0.1, 0.15) is 24.0 Å². The Morgan fingerprint density at radius 2 is 1.68 bits per heavy atom. The number of benzene rings is 2. The van der Waals surface area contributed by atoms with Crippen molar-refractivity contribution >= 4 is 17.5 Å². The predicted octanol–water partition coefficient (Wildman–Crippen LogP) is 3.75. The minimum Gasteiger partial charge on any atom is -0.496 e. The average molecular weight is 392 g/mol. The van der Waals surface area contributed by atoms with Gasteiger partial charge in [-0.1, -0.05) is 30.3 Å². The van der Waals surface area contributed by atoms with Crippen LogP contribution in [0.25, 0.3) is 0 Å². The summed E-state index contributed by atoms with van der Waals surface area (Å²) >= 11 is 0. The lowest BCUT2D eigenvalue weighted by molar-refractivity contribution is -0.137. The number of ether oxygens (including phenoxy) is 1. The Labute approximate surface area is 159 Å². The standard InChI is InChI=1S/C20H19F3N2O3/c1-28-16-9-5-2-6-13(16)12-24-17(26)19(10-11-19)18(27)25-15-8-4-3-7-14(15)20(21,22)23/h2-9H,10-12H2,1H3,(H,24,26)(H,25,27). The molecule has 1 aliphatic carbocycles. The van der Waals surface area contributed by atoms with Crippen LogP contribution in [0.5, 0.6) is 5.75 Å². The number of hydrogen-bond acceptors (Lipinski definition) is 3. The van der Waals surface area contributed by atoms with Crippen molar-refractivity contribution in [2.75, 3.05) is 12.4 Å². The molecule has 3 rings (SSSR count). The van der Waals surface area contributed by atoms with Crippen molar-refractivity contribution in [2.24, 2.45) is 5.41 Å². The lowest BCUT2D eigenvalue weighted by Crippen LogP contribution is -2.40. The van der Waals surface area contributed by atoms with Gasteiger partial charge in [0, 0.05) is 12.1 Å². The summed E-state index contributed by atoms with van der Waals surface area (Å²) < 4.78 is 44.5. The molecular weight excluding hydrogens is 373 g/mol. The van der Waals surface area contributed by atoms with Gasteiger partial charge in [0.2, 0.25) is 11.8 Å². The second-order valence-electron chi connectivity index (χ2n) is 6.57. The Morgan fingerprint density at radius 1 is 1.04 bits per heavy atom. The molecule has 2 aromatic rings. The summed E-state index contributed by atoms with van der Waals surface area (Å²) in [6, 6.07) is 11.8. The Kier molecular flexibility index (Phi) is 5.31. The van der Waals surface area contributed by atoms with Crippen molar-refractivity contribution in [3.63, 3.8) is 0 Å². The van der Waals surface area contributed by atoms with E-state index in [1.807, 2.05) is 0 Å². The fraction of sp³-hybridized carbons (Fsp3) is 0.300. The maximum atomic E-state index is 13.1. The predicted molar refractivity (Wildman–Crippen MR) is 96.6 cm³/mol. The highest BCUT2D eigenvalue weighted by molar-refractivity contribution is 6.13. The number of carbonyl (C=O) groups is 2. The van der Waals surface area contributed by atoms with Crippen molar-refractivity contribution in [3.8, 4) is 5.75 Å². The summed E-state index contributed by atoms with van der Waals surface area (Å²) in [5.74, 6) is -0.654. The van der Waals surface area contributed by atoms with Crippen molar-refractivity contribution < 1.29 is 27.5 Å². The van der Waals surface area contributed by atoms with Gasteiger partial charge in [-0.15, -0.1) is 0 Å². The van der Waals surface area contributed by atoms with E-state index in [9.17, 15) is 22.8 Å². The summed E-state index contributed by atoms with van der Waals surface area (Å²) in [6.45, 7) is 0.150. The molecule has 0 aromatic heterocycles. The van der Waals surface area contributed by atoms with Crippen LogP contribution in [0.2, 0.25) is 0 Å². The van der Waals surface area contributed by atoms with Gasteiger partial charge in [0.25, 0.3) is 0 Å². The number of halogens is 3. The van der Waals surface area contributed by atoms with Gasteiger partial charge in [-0.25, -0.2) is 0 Å². The molecule has 0 spiro atoms. The Hall–Kier alpha value is -3.03. The van der Waals surface area contributed by atoms with E-state index >= 15 is 0 Å². The van der Waals surface area contributed by atoms with Crippen LogP contribution in [0, 0.1) is 5.41 Å². The van der Waals surface area contributed by atoms with E-state index in [1.165, 1.54) is 25.3 Å². The van der Waals surface area contributed by atoms with Crippen LogP contribution < -0.4 is 15.4 Å². The second-order valence-corrected chi connectivity index (χ2v) is 6.57. The van der Waals surface area contributed by atoms with Crippen LogP contribution in [0.3, 0.4) is 0 Å². The Balaban J connectivity index is 1.70. The van der Waals surface area contributed by atoms with Crippen molar-refractivity contribution in [1.82, 2.24) is 5.32 Å². The van der Waals surface area contributed by atoms with E-state index in [0.717, 1.165) is 11.6 Å². The maximum Gasteiger partial charge on any atom is 0.418 e. The molecule has 1 saturated carbocycles. The van der Waals surface area contributed by atoms with Gasteiger partial charge in [-0.2, -0.15) is 13.2 Å². The highest BCUT2D eigenvalue weighted by atomic mass is 19.4. The maximum absolute atomic E-state index is 13.1. The van der Waals surface area contributed by atoms with E-state index in [0.29, 0.717) is 5.75 Å². The molecule has 1 aliphatic rings. The topological polar surface area (TPSA) is 67.4 Å². The average Bonchev–Trinajstić information content (AvgIpc) is 3.48. The number of carbonyl (C=O) groups excluding carboxylic acids is 2. The van der Waals surface area contributed by atoms with Gasteiger partial charge < -0.3 is 15.4 Å². The molecule has 0 heterocycles. The second kappa shape index (κ2) is 7.53. The molecule has 0 bridgehead atoms. The monoisotopic (exact) mass is 392 g/mol. The molecule has 8 heteroatoms. The molecule has 28 heavy (non-hydrogen) atoms. The van der Waals surface area contributed by atoms with Crippen molar-refractivity contribution in [2.45, 2.75) is 25.6 Å². The SMILES string of the molecule is COc1ccccc1CNC(=O)C1(C(=O)Nc2ccccc2C(F)(F)F)CC1.